The van der Waals surface area contributed by atoms with Crippen molar-refractivity contribution in [3.63, 3.8) is 0 Å². The molecule has 0 heterocycles. The number of nitrogens with one attached hydrogen (secondary N) is 1. The van der Waals surface area contributed by atoms with Crippen molar-refractivity contribution >= 4 is 11.9 Å². The summed E-state index contributed by atoms with van der Waals surface area (Å²) in [6.07, 6.45) is 2.72. The largest absolute Gasteiger partial charge is 0.480 e. The molecule has 0 unspecified atom stereocenters. The Hall–Kier alpha value is -1.30. The molecule has 6 nitrogen and oxygen atoms in total. The molecular formula is C10H22N4O2. The van der Waals surface area contributed by atoms with Crippen LogP contribution < -0.4 is 16.8 Å². The number of nitrogens with zero attached hydrogens (tertiary/aromatic N) is 1. The fourth-order valence-electron chi connectivity index (χ4n) is 1.22. The molecule has 0 aromatic carbocycles. The smallest absolute Gasteiger partial charge is 0.320 e. The van der Waals surface area contributed by atoms with Crippen LogP contribution in [0, 0.1) is 0 Å². The third kappa shape index (κ3) is 8.05. The summed E-state index contributed by atoms with van der Waals surface area (Å²) in [6, 6.07) is -0.560. The molecule has 0 spiro atoms. The van der Waals surface area contributed by atoms with Crippen LogP contribution in [0.15, 0.2) is 4.99 Å². The molecule has 0 saturated carbocycles. The maximum Gasteiger partial charge on any atom is 0.320 e. The van der Waals surface area contributed by atoms with Gasteiger partial charge in [0.2, 0.25) is 0 Å². The van der Waals surface area contributed by atoms with Crippen LogP contribution >= 0.6 is 0 Å². The van der Waals surface area contributed by atoms with Crippen molar-refractivity contribution in [1.29, 1.82) is 0 Å². The van der Waals surface area contributed by atoms with E-state index >= 15 is 0 Å². The number of guanidine groups is 1. The summed E-state index contributed by atoms with van der Waals surface area (Å²) >= 11 is 0. The Kier molecular flexibility index (Phi) is 7.15. The topological polar surface area (TPSA) is 114 Å². The van der Waals surface area contributed by atoms with E-state index in [9.17, 15) is 4.79 Å². The highest BCUT2D eigenvalue weighted by Crippen LogP contribution is 1.99. The number of carbonyl (C=O) groups is 1. The lowest BCUT2D eigenvalue weighted by atomic mass is 10.1. The summed E-state index contributed by atoms with van der Waals surface area (Å²) in [4.78, 5) is 14.7. The summed E-state index contributed by atoms with van der Waals surface area (Å²) in [7, 11) is 0. The molecule has 0 aromatic rings. The van der Waals surface area contributed by atoms with Gasteiger partial charge in [-0.3, -0.25) is 9.79 Å². The first kappa shape index (κ1) is 12.8. The van der Waals surface area contributed by atoms with Crippen molar-refractivity contribution < 1.29 is 11.3 Å². The molecule has 0 radical (unpaired) electrons. The highest BCUT2D eigenvalue weighted by atomic mass is 16.4. The van der Waals surface area contributed by atoms with E-state index in [2.05, 4.69) is 10.3 Å². The maximum atomic E-state index is 10.9. The van der Waals surface area contributed by atoms with Crippen LogP contribution in [0.3, 0.4) is 0 Å². The van der Waals surface area contributed by atoms with Crippen LogP contribution in [0.25, 0.3) is 0 Å². The van der Waals surface area contributed by atoms with Crippen LogP contribution in [0.5, 0.6) is 0 Å². The lowest BCUT2D eigenvalue weighted by Gasteiger charge is -2.13. The zero-order chi connectivity index (χ0) is 13.1. The third-order valence-electron chi connectivity index (χ3n) is 2.06. The van der Waals surface area contributed by atoms with Crippen molar-refractivity contribution in [3.05, 3.63) is 0 Å². The fraction of sp³-hybridized carbons (Fsp3) is 0.800. The fourth-order valence-corrected chi connectivity index (χ4v) is 1.22. The zero-order valence-electron chi connectivity index (χ0n) is 10.5. The van der Waals surface area contributed by atoms with Crippen molar-refractivity contribution in [2.45, 2.75) is 38.6 Å². The molecule has 0 aliphatic carbocycles. The van der Waals surface area contributed by atoms with Gasteiger partial charge < -0.3 is 21.9 Å². The molecule has 0 aromatic heterocycles. The molecule has 16 heavy (non-hydrogen) atoms. The second-order valence-corrected chi connectivity index (χ2v) is 3.50. The number of hydrogen-bond donors (Lipinski definition) is 4. The molecule has 1 atom stereocenters. The Morgan fingerprint density at radius 3 is 2.88 bits per heavy atom. The zero-order valence-corrected chi connectivity index (χ0v) is 9.48. The van der Waals surface area contributed by atoms with E-state index in [1.165, 1.54) is 0 Å². The molecule has 0 rings (SSSR count). The summed E-state index contributed by atoms with van der Waals surface area (Å²) in [6.45, 7) is 1.45. The van der Waals surface area contributed by atoms with Gasteiger partial charge in [0.15, 0.2) is 5.96 Å². The monoisotopic (exact) mass is 231 g/mol. The second-order valence-electron chi connectivity index (χ2n) is 3.50. The summed E-state index contributed by atoms with van der Waals surface area (Å²) in [5, 5.41) is 11.9. The molecular weight excluding hydrogens is 208 g/mol. The van der Waals surface area contributed by atoms with Crippen molar-refractivity contribution in [2.24, 2.45) is 16.5 Å². The number of aliphatic imine (C=N–C) groups is 1. The first-order chi connectivity index (χ1) is 8.07. The lowest BCUT2D eigenvalue weighted by Crippen LogP contribution is -2.37. The predicted molar refractivity (Wildman–Crippen MR) is 64.2 cm³/mol. The predicted octanol–water partition coefficient (Wildman–Crippen LogP) is -0.117. The van der Waals surface area contributed by atoms with E-state index in [0.717, 1.165) is 12.8 Å². The molecule has 0 amide bonds. The van der Waals surface area contributed by atoms with Gasteiger partial charge in [0.1, 0.15) is 6.04 Å². The minimum atomic E-state index is -0.861. The Morgan fingerprint density at radius 1 is 1.56 bits per heavy atom. The number of nitrogens with two attached hydrogens (primary N) is 2. The summed E-state index contributed by atoms with van der Waals surface area (Å²) < 4.78 is 6.97. The third-order valence-corrected chi connectivity index (χ3v) is 2.06. The standard InChI is InChI=1S/C10H22N4O2/c1-2-3-6-13-8(9(15)16)5-4-7-14-10(11)12/h8,13H,2-7H2,1H3,(H,15,16)(H4,11,12,14)/t8-/m0/s1/i1D. The van der Waals surface area contributed by atoms with E-state index in [1.807, 2.05) is 0 Å². The lowest BCUT2D eigenvalue weighted by molar-refractivity contribution is -0.139. The minimum Gasteiger partial charge on any atom is -0.480 e. The first-order valence-corrected chi connectivity index (χ1v) is 5.38. The van der Waals surface area contributed by atoms with Gasteiger partial charge in [-0.15, -0.1) is 0 Å². The molecule has 94 valence electrons. The van der Waals surface area contributed by atoms with Gasteiger partial charge in [-0.25, -0.2) is 0 Å². The van der Waals surface area contributed by atoms with Crippen molar-refractivity contribution in [1.82, 2.24) is 5.32 Å². The molecule has 0 saturated heterocycles. The minimum absolute atomic E-state index is 0.0280. The second kappa shape index (κ2) is 8.96. The van der Waals surface area contributed by atoms with Gasteiger partial charge in [-0.2, -0.15) is 0 Å². The van der Waals surface area contributed by atoms with Gasteiger partial charge in [-0.1, -0.05) is 13.3 Å². The SMILES string of the molecule is [2H]CCCCN[C@@H](CCCN=C(N)N)C(=O)O. The highest BCUT2D eigenvalue weighted by molar-refractivity contribution is 5.75. The quantitative estimate of drug-likeness (QED) is 0.251. The molecule has 0 aliphatic heterocycles. The normalized spacial score (nSPS) is 12.9. The summed E-state index contributed by atoms with van der Waals surface area (Å²) in [5.41, 5.74) is 10.3. The number of aliphatic carboxylic acids is 1. The molecule has 0 fully saturated rings. The Balaban J connectivity index is 3.75. The van der Waals surface area contributed by atoms with Crippen LogP contribution in [0.4, 0.5) is 0 Å². The van der Waals surface area contributed by atoms with E-state index in [0.29, 0.717) is 32.8 Å². The van der Waals surface area contributed by atoms with Crippen LogP contribution in [-0.2, 0) is 4.79 Å². The van der Waals surface area contributed by atoms with E-state index in [4.69, 9.17) is 17.9 Å². The van der Waals surface area contributed by atoms with Crippen LogP contribution in [-0.4, -0.2) is 36.2 Å². The maximum absolute atomic E-state index is 10.9. The number of unbranched alkanes of at least 4 members (excludes halogenated alkanes) is 1. The molecule has 6 N–H and O–H groups in total. The Labute approximate surface area is 97.5 Å². The van der Waals surface area contributed by atoms with Crippen molar-refractivity contribution in [2.75, 3.05) is 13.1 Å². The average Bonchev–Trinajstić information content (AvgIpc) is 2.26. The average molecular weight is 231 g/mol. The van der Waals surface area contributed by atoms with Gasteiger partial charge in [-0.05, 0) is 25.8 Å². The molecule has 0 aliphatic rings. The van der Waals surface area contributed by atoms with E-state index in [1.54, 1.807) is 0 Å². The van der Waals surface area contributed by atoms with Gasteiger partial charge in [0, 0.05) is 7.92 Å². The van der Waals surface area contributed by atoms with Crippen LogP contribution in [0.2, 0.25) is 0 Å². The number of carboxylic acids is 1. The van der Waals surface area contributed by atoms with Crippen molar-refractivity contribution in [3.8, 4) is 0 Å². The highest BCUT2D eigenvalue weighted by Gasteiger charge is 2.15. The first-order valence-electron chi connectivity index (χ1n) is 6.09. The van der Waals surface area contributed by atoms with E-state index in [-0.39, 0.29) is 5.96 Å². The number of hydrogen-bond acceptors (Lipinski definition) is 3. The van der Waals surface area contributed by atoms with Gasteiger partial charge in [0.25, 0.3) is 0 Å². The Morgan fingerprint density at radius 2 is 2.31 bits per heavy atom. The molecule has 0 bridgehead atoms. The van der Waals surface area contributed by atoms with Crippen LogP contribution in [0.1, 0.15) is 34.0 Å². The summed E-state index contributed by atoms with van der Waals surface area (Å²) in [5.74, 6) is -0.833. The van der Waals surface area contributed by atoms with Gasteiger partial charge >= 0.3 is 5.97 Å². The van der Waals surface area contributed by atoms with E-state index < -0.39 is 12.0 Å². The molecule has 6 heteroatoms. The number of rotatable bonds is 9. The number of carboxylic acid groups (broad SMARTS) is 1. The van der Waals surface area contributed by atoms with Gasteiger partial charge in [0.05, 0.1) is 0 Å². The Bertz CT molecular complexity index is 244.